The zero-order valence-corrected chi connectivity index (χ0v) is 56.1. The number of furan rings is 2. The Balaban J connectivity index is 1.04. The Morgan fingerprint density at radius 3 is 1.45 bits per heavy atom. The van der Waals surface area contributed by atoms with E-state index in [0.29, 0.717) is 0 Å². The second-order valence-corrected chi connectivity index (χ2v) is 32.8. The maximum absolute atomic E-state index is 7.46. The molecule has 0 saturated carbocycles. The van der Waals surface area contributed by atoms with Gasteiger partial charge in [0.15, 0.2) is 5.58 Å². The van der Waals surface area contributed by atoms with Crippen LogP contribution < -0.4 is 25.5 Å². The molecule has 0 atom stereocenters. The summed E-state index contributed by atoms with van der Waals surface area (Å²) in [5.74, 6) is 0. The third-order valence-corrected chi connectivity index (χ3v) is 21.8. The quantitative estimate of drug-likeness (QED) is 0.161. The van der Waals surface area contributed by atoms with Crippen molar-refractivity contribution in [1.82, 2.24) is 0 Å². The monoisotopic (exact) mass is 1170 g/mol. The Morgan fingerprint density at radius 2 is 0.888 bits per heavy atom. The number of para-hydroxylation sites is 1. The molecule has 5 nitrogen and oxygen atoms in total. The van der Waals surface area contributed by atoms with Crippen molar-refractivity contribution in [2.24, 2.45) is 0 Å². The molecule has 0 spiro atoms. The number of fused-ring (bicyclic) bond motifs is 13. The molecule has 15 rings (SSSR count). The second kappa shape index (κ2) is 19.0. The summed E-state index contributed by atoms with van der Waals surface area (Å²) in [5.41, 5.74) is 28.6. The van der Waals surface area contributed by atoms with E-state index >= 15 is 0 Å². The van der Waals surface area contributed by atoms with E-state index in [1.54, 1.807) is 0 Å². The van der Waals surface area contributed by atoms with E-state index in [9.17, 15) is 0 Å². The van der Waals surface area contributed by atoms with Crippen LogP contribution in [-0.4, -0.2) is 6.85 Å². The molecule has 9 aromatic carbocycles. The van der Waals surface area contributed by atoms with Crippen molar-refractivity contribution in [3.05, 3.63) is 202 Å². The summed E-state index contributed by atoms with van der Waals surface area (Å²) < 4.78 is 14.8. The molecule has 2 aliphatic heterocycles. The lowest BCUT2D eigenvalue weighted by atomic mass is 9.42. The lowest BCUT2D eigenvalue weighted by Crippen LogP contribution is -2.62. The van der Waals surface area contributed by atoms with Gasteiger partial charge < -0.3 is 23.4 Å². The topological polar surface area (TPSA) is 36.0 Å². The number of aryl methyl sites for hydroxylation is 1. The van der Waals surface area contributed by atoms with E-state index in [0.717, 1.165) is 104 Å². The maximum Gasteiger partial charge on any atom is 0.333 e. The average Bonchev–Trinajstić information content (AvgIpc) is 1.64. The maximum atomic E-state index is 7.46. The van der Waals surface area contributed by atoms with E-state index in [2.05, 4.69) is 297 Å². The first-order chi connectivity index (χ1) is 41.9. The summed E-state index contributed by atoms with van der Waals surface area (Å²) in [7, 11) is 0. The summed E-state index contributed by atoms with van der Waals surface area (Å²) >= 11 is 0. The molecule has 450 valence electrons. The van der Waals surface area contributed by atoms with Crippen LogP contribution in [0.3, 0.4) is 0 Å². The summed E-state index contributed by atoms with van der Waals surface area (Å²) in [6, 6.07) is 61.1. The van der Waals surface area contributed by atoms with Gasteiger partial charge in [0.2, 0.25) is 0 Å². The van der Waals surface area contributed by atoms with Crippen LogP contribution in [0.4, 0.5) is 45.5 Å². The molecule has 6 heteroatoms. The van der Waals surface area contributed by atoms with Gasteiger partial charge >= 0.3 is 6.85 Å². The number of anilines is 8. The Morgan fingerprint density at radius 1 is 0.416 bits per heavy atom. The number of hydrogen-bond donors (Lipinski definition) is 0. The van der Waals surface area contributed by atoms with E-state index in [-0.39, 0.29) is 44.8 Å². The van der Waals surface area contributed by atoms with Gasteiger partial charge in [-0.3, -0.25) is 0 Å². The summed E-state index contributed by atoms with van der Waals surface area (Å²) in [6.07, 6.45) is 4.53. The molecule has 0 radical (unpaired) electrons. The van der Waals surface area contributed by atoms with Gasteiger partial charge in [0.05, 0.1) is 5.69 Å². The second-order valence-electron chi connectivity index (χ2n) is 32.8. The van der Waals surface area contributed by atoms with Crippen molar-refractivity contribution < 1.29 is 8.83 Å². The number of benzene rings is 9. The van der Waals surface area contributed by atoms with Gasteiger partial charge in [-0.25, -0.2) is 0 Å². The van der Waals surface area contributed by atoms with Crippen molar-refractivity contribution in [3.8, 4) is 11.1 Å². The fraction of sp³-hybridized carbons (Fsp3) is 0.349. The highest BCUT2D eigenvalue weighted by molar-refractivity contribution is 6.94. The standard InChI is InChI=1S/C83H88BN3O2/c1-49-41-63-65(82(15,16)39-37-80(63,11)12)46-68(49)86-70-47-66-64(81(13,14)38-40-83(66,17)18)45-67(70)84-74-61(44-62-57-21-19-20-22-71(57)89-76(62)75(74)86)59-43-60-58-36-35-56(42-72(58)88-73(60)48-69(59)87(84)55-33-27-52(28-34-55)79(8,9)10)85(53-29-23-50(24-30-53)77(2,3)4)54-31-25-51(26-32-54)78(5,6)7/h19-36,41-48H,37-40H2,1-18H3. The average molecular weight is 1170 g/mol. The molecule has 2 aromatic heterocycles. The Kier molecular flexibility index (Phi) is 12.3. The Labute approximate surface area is 529 Å². The molecule has 0 bridgehead atoms. The molecular formula is C83H88BN3O2. The lowest BCUT2D eigenvalue weighted by Gasteiger charge is -2.49. The molecule has 0 amide bonds. The van der Waals surface area contributed by atoms with Crippen molar-refractivity contribution >= 4 is 107 Å². The largest absolute Gasteiger partial charge is 0.456 e. The smallest absolute Gasteiger partial charge is 0.333 e. The molecule has 11 aromatic rings. The molecule has 0 N–H and O–H groups in total. The molecule has 0 saturated heterocycles. The van der Waals surface area contributed by atoms with Crippen LogP contribution in [-0.2, 0) is 37.9 Å². The normalized spacial score (nSPS) is 17.2. The highest BCUT2D eigenvalue weighted by atomic mass is 16.3. The van der Waals surface area contributed by atoms with Gasteiger partial charge in [-0.15, -0.1) is 0 Å². The first-order valence-electron chi connectivity index (χ1n) is 32.9. The van der Waals surface area contributed by atoms with Gasteiger partial charge in [-0.05, 0) is 210 Å². The van der Waals surface area contributed by atoms with Crippen molar-refractivity contribution in [2.75, 3.05) is 14.6 Å². The molecule has 0 unspecified atom stereocenters. The highest BCUT2D eigenvalue weighted by Crippen LogP contribution is 2.57. The van der Waals surface area contributed by atoms with Crippen molar-refractivity contribution in [2.45, 2.75) is 188 Å². The molecule has 4 aliphatic rings. The molecule has 2 aliphatic carbocycles. The summed E-state index contributed by atoms with van der Waals surface area (Å²) in [4.78, 5) is 7.76. The van der Waals surface area contributed by atoms with Crippen LogP contribution in [0, 0.1) is 6.92 Å². The predicted molar refractivity (Wildman–Crippen MR) is 381 cm³/mol. The highest BCUT2D eigenvalue weighted by Gasteiger charge is 2.50. The van der Waals surface area contributed by atoms with Crippen molar-refractivity contribution in [1.29, 1.82) is 0 Å². The zero-order chi connectivity index (χ0) is 62.6. The zero-order valence-electron chi connectivity index (χ0n) is 56.1. The SMILES string of the molecule is Cc1cc2c(cc1N1c3cc4c(cc3B3c5c(cc6c(oc7ccccc76)c51)-c1cc5c(cc1N3c1ccc(C(C)(C)C)cc1)oc1cc(N(c3ccc(C(C)(C)C)cc3)c3ccc(C(C)(C)C)cc3)ccc15)C(C)(C)CCC4(C)C)C(C)(C)CCC2(C)C. The predicted octanol–water partition coefficient (Wildman–Crippen LogP) is 22.6. The molecular weight excluding hydrogens is 1080 g/mol. The first kappa shape index (κ1) is 57.5. The number of nitrogens with zero attached hydrogens (tertiary/aromatic N) is 3. The molecule has 89 heavy (non-hydrogen) atoms. The third-order valence-electron chi connectivity index (χ3n) is 21.8. The van der Waals surface area contributed by atoms with Crippen LogP contribution >= 0.6 is 0 Å². The molecule has 0 fully saturated rings. The third kappa shape index (κ3) is 8.90. The minimum absolute atomic E-state index is 0.0106. The van der Waals surface area contributed by atoms with Crippen LogP contribution in [0.5, 0.6) is 0 Å². The Hall–Kier alpha value is -7.96. The number of hydrogen-bond acceptors (Lipinski definition) is 5. The van der Waals surface area contributed by atoms with Crippen LogP contribution in [0.25, 0.3) is 55.0 Å². The summed E-state index contributed by atoms with van der Waals surface area (Å²) in [5, 5.41) is 4.43. The van der Waals surface area contributed by atoms with Crippen LogP contribution in [0.2, 0.25) is 0 Å². The summed E-state index contributed by atoms with van der Waals surface area (Å²) in [6.45, 7) is 42.5. The van der Waals surface area contributed by atoms with Gasteiger partial charge in [0, 0.05) is 79.1 Å². The van der Waals surface area contributed by atoms with E-state index < -0.39 is 0 Å². The van der Waals surface area contributed by atoms with E-state index in [4.69, 9.17) is 8.83 Å². The fourth-order valence-electron chi connectivity index (χ4n) is 15.9. The van der Waals surface area contributed by atoms with Gasteiger partial charge in [0.25, 0.3) is 0 Å². The van der Waals surface area contributed by atoms with Crippen LogP contribution in [0.1, 0.15) is 188 Å². The van der Waals surface area contributed by atoms with Gasteiger partial charge in [-0.2, -0.15) is 0 Å². The van der Waals surface area contributed by atoms with Gasteiger partial charge in [-0.1, -0.05) is 184 Å². The minimum Gasteiger partial charge on any atom is -0.456 e. The number of rotatable bonds is 5. The van der Waals surface area contributed by atoms with Crippen LogP contribution in [0.15, 0.2) is 167 Å². The molecule has 4 heterocycles. The lowest BCUT2D eigenvalue weighted by molar-refractivity contribution is 0.331. The fourth-order valence-corrected chi connectivity index (χ4v) is 15.9. The first-order valence-corrected chi connectivity index (χ1v) is 32.9. The van der Waals surface area contributed by atoms with E-state index in [1.807, 2.05) is 0 Å². The Bertz CT molecular complexity index is 4680. The van der Waals surface area contributed by atoms with E-state index in [1.165, 1.54) is 77.9 Å². The minimum atomic E-state index is -0.243. The van der Waals surface area contributed by atoms with Gasteiger partial charge in [0.1, 0.15) is 16.7 Å². The van der Waals surface area contributed by atoms with Crippen molar-refractivity contribution in [3.63, 3.8) is 0 Å².